The van der Waals surface area contributed by atoms with Crippen molar-refractivity contribution in [2.75, 3.05) is 6.61 Å². The highest BCUT2D eigenvalue weighted by Gasteiger charge is 2.28. The van der Waals surface area contributed by atoms with Crippen LogP contribution in [0, 0.1) is 5.92 Å². The summed E-state index contributed by atoms with van der Waals surface area (Å²) >= 11 is 4.16. The lowest BCUT2D eigenvalue weighted by Gasteiger charge is -2.25. The highest BCUT2D eigenvalue weighted by molar-refractivity contribution is 7.81. The van der Waals surface area contributed by atoms with E-state index in [1.165, 1.54) is 0 Å². The van der Waals surface area contributed by atoms with Gasteiger partial charge in [-0.05, 0) is 12.3 Å². The first kappa shape index (κ1) is 7.92. The Morgan fingerprint density at radius 1 is 1.80 bits per heavy atom. The number of cyclic esters (lactones) is 1. The largest absolute Gasteiger partial charge is 0.465 e. The molecule has 0 bridgehead atoms. The number of ether oxygens (including phenoxy) is 1. The zero-order valence-corrected chi connectivity index (χ0v) is 6.93. The van der Waals surface area contributed by atoms with E-state index in [9.17, 15) is 4.79 Å². The van der Waals surface area contributed by atoms with Crippen LogP contribution >= 0.6 is 12.6 Å². The molecular formula is C7H12O2S. The smallest absolute Gasteiger partial charge is 0.319 e. The van der Waals surface area contributed by atoms with Gasteiger partial charge in [0.05, 0.1) is 6.61 Å². The molecule has 1 aliphatic rings. The molecule has 1 saturated heterocycles. The molecule has 0 aromatic rings. The maximum absolute atomic E-state index is 10.9. The number of hydrogen-bond donors (Lipinski definition) is 1. The molecule has 0 radical (unpaired) electrons. The minimum absolute atomic E-state index is 0.151. The Hall–Kier alpha value is -0.180. The van der Waals surface area contributed by atoms with Gasteiger partial charge in [0, 0.05) is 0 Å². The van der Waals surface area contributed by atoms with E-state index in [2.05, 4.69) is 19.6 Å². The molecule has 1 unspecified atom stereocenters. The van der Waals surface area contributed by atoms with Crippen molar-refractivity contribution < 1.29 is 9.53 Å². The van der Waals surface area contributed by atoms with Gasteiger partial charge in [-0.25, -0.2) is 0 Å². The minimum Gasteiger partial charge on any atom is -0.465 e. The molecule has 2 atom stereocenters. The van der Waals surface area contributed by atoms with E-state index in [1.54, 1.807) is 0 Å². The lowest BCUT2D eigenvalue weighted by Crippen LogP contribution is -2.32. The summed E-state index contributed by atoms with van der Waals surface area (Å²) in [4.78, 5) is 10.9. The molecule has 1 aliphatic heterocycles. The Labute approximate surface area is 66.4 Å². The third kappa shape index (κ3) is 1.45. The molecule has 1 heterocycles. The van der Waals surface area contributed by atoms with Crippen LogP contribution in [0.5, 0.6) is 0 Å². The highest BCUT2D eigenvalue weighted by atomic mass is 32.1. The van der Waals surface area contributed by atoms with E-state index in [0.29, 0.717) is 12.5 Å². The summed E-state index contributed by atoms with van der Waals surface area (Å²) in [6.45, 7) is 2.65. The average Bonchev–Trinajstić information content (AvgIpc) is 1.95. The van der Waals surface area contributed by atoms with E-state index in [0.717, 1.165) is 12.8 Å². The van der Waals surface area contributed by atoms with Crippen molar-refractivity contribution in [3.63, 3.8) is 0 Å². The van der Waals surface area contributed by atoms with Crippen LogP contribution < -0.4 is 0 Å². The van der Waals surface area contributed by atoms with E-state index >= 15 is 0 Å². The summed E-state index contributed by atoms with van der Waals surface area (Å²) < 4.78 is 4.81. The van der Waals surface area contributed by atoms with Crippen molar-refractivity contribution in [3.8, 4) is 0 Å². The fraction of sp³-hybridized carbons (Fsp3) is 0.857. The number of carbonyl (C=O) groups excluding carboxylic acids is 1. The van der Waals surface area contributed by atoms with Gasteiger partial charge < -0.3 is 4.74 Å². The average molecular weight is 160 g/mol. The van der Waals surface area contributed by atoms with Crippen LogP contribution in [0.2, 0.25) is 0 Å². The normalized spacial score (nSPS) is 33.6. The number of hydrogen-bond acceptors (Lipinski definition) is 3. The molecular weight excluding hydrogens is 148 g/mol. The molecule has 0 aromatic carbocycles. The molecule has 58 valence electrons. The lowest BCUT2D eigenvalue weighted by molar-refractivity contribution is -0.148. The van der Waals surface area contributed by atoms with Crippen molar-refractivity contribution in [1.82, 2.24) is 0 Å². The Bertz CT molecular complexity index is 136. The molecule has 0 aliphatic carbocycles. The van der Waals surface area contributed by atoms with Gasteiger partial charge in [0.15, 0.2) is 0 Å². The molecule has 1 rings (SSSR count). The molecule has 0 saturated carbocycles. The van der Waals surface area contributed by atoms with Gasteiger partial charge in [-0.15, -0.1) is 0 Å². The van der Waals surface area contributed by atoms with Gasteiger partial charge in [0.25, 0.3) is 0 Å². The first-order valence-corrected chi connectivity index (χ1v) is 4.12. The predicted molar refractivity (Wildman–Crippen MR) is 42.1 cm³/mol. The second-order valence-corrected chi connectivity index (χ2v) is 3.13. The summed E-state index contributed by atoms with van der Waals surface area (Å²) in [5.41, 5.74) is 0. The summed E-state index contributed by atoms with van der Waals surface area (Å²) in [6, 6.07) is 0. The third-order valence-electron chi connectivity index (χ3n) is 1.95. The van der Waals surface area contributed by atoms with Crippen LogP contribution in [0.1, 0.15) is 19.8 Å². The van der Waals surface area contributed by atoms with Gasteiger partial charge in [0.2, 0.25) is 0 Å². The van der Waals surface area contributed by atoms with Crippen LogP contribution in [-0.4, -0.2) is 17.8 Å². The van der Waals surface area contributed by atoms with Crippen molar-refractivity contribution in [2.45, 2.75) is 25.0 Å². The van der Waals surface area contributed by atoms with Crippen molar-refractivity contribution in [3.05, 3.63) is 0 Å². The number of thiol groups is 1. The quantitative estimate of drug-likeness (QED) is 0.461. The molecule has 0 N–H and O–H groups in total. The Balaban J connectivity index is 2.51. The molecule has 0 amide bonds. The lowest BCUT2D eigenvalue weighted by atomic mass is 9.97. The zero-order valence-electron chi connectivity index (χ0n) is 6.04. The Morgan fingerprint density at radius 3 is 3.00 bits per heavy atom. The molecule has 0 spiro atoms. The van der Waals surface area contributed by atoms with Gasteiger partial charge in [0.1, 0.15) is 5.25 Å². The summed E-state index contributed by atoms with van der Waals surface area (Å²) in [5.74, 6) is 0.269. The molecule has 0 aromatic heterocycles. The molecule has 3 heteroatoms. The Morgan fingerprint density at radius 2 is 2.50 bits per heavy atom. The van der Waals surface area contributed by atoms with Gasteiger partial charge in [-0.2, -0.15) is 12.6 Å². The first-order valence-electron chi connectivity index (χ1n) is 3.60. The SMILES string of the molecule is CCC1CCOC(=O)[C@@H]1S. The van der Waals surface area contributed by atoms with Gasteiger partial charge in [-0.3, -0.25) is 4.79 Å². The second kappa shape index (κ2) is 3.28. The standard InChI is InChI=1S/C7H12O2S/c1-2-5-3-4-9-7(8)6(5)10/h5-6,10H,2-4H2,1H3/t5?,6-/m1/s1. The summed E-state index contributed by atoms with van der Waals surface area (Å²) in [5, 5.41) is -0.182. The van der Waals surface area contributed by atoms with Crippen molar-refractivity contribution in [2.24, 2.45) is 5.92 Å². The van der Waals surface area contributed by atoms with Crippen LogP contribution in [-0.2, 0) is 9.53 Å². The fourth-order valence-corrected chi connectivity index (χ4v) is 1.61. The number of rotatable bonds is 1. The van der Waals surface area contributed by atoms with Crippen LogP contribution in [0.25, 0.3) is 0 Å². The van der Waals surface area contributed by atoms with E-state index in [1.807, 2.05) is 0 Å². The van der Waals surface area contributed by atoms with E-state index in [4.69, 9.17) is 4.74 Å². The Kier molecular flexibility index (Phi) is 2.60. The zero-order chi connectivity index (χ0) is 7.56. The van der Waals surface area contributed by atoms with E-state index in [-0.39, 0.29) is 11.2 Å². The third-order valence-corrected chi connectivity index (χ3v) is 2.58. The fourth-order valence-electron chi connectivity index (χ4n) is 1.17. The second-order valence-electron chi connectivity index (χ2n) is 2.57. The first-order chi connectivity index (χ1) is 4.75. The predicted octanol–water partition coefficient (Wildman–Crippen LogP) is 1.26. The van der Waals surface area contributed by atoms with Gasteiger partial charge in [-0.1, -0.05) is 13.3 Å². The van der Waals surface area contributed by atoms with Crippen molar-refractivity contribution >= 4 is 18.6 Å². The molecule has 10 heavy (non-hydrogen) atoms. The number of esters is 1. The van der Waals surface area contributed by atoms with Crippen LogP contribution in [0.4, 0.5) is 0 Å². The van der Waals surface area contributed by atoms with Crippen LogP contribution in [0.3, 0.4) is 0 Å². The topological polar surface area (TPSA) is 26.3 Å². The maximum atomic E-state index is 10.9. The highest BCUT2D eigenvalue weighted by Crippen LogP contribution is 2.23. The molecule has 2 nitrogen and oxygen atoms in total. The minimum atomic E-state index is -0.182. The molecule has 1 fully saturated rings. The number of carbonyl (C=O) groups is 1. The summed E-state index contributed by atoms with van der Waals surface area (Å²) in [7, 11) is 0. The monoisotopic (exact) mass is 160 g/mol. The van der Waals surface area contributed by atoms with Crippen molar-refractivity contribution in [1.29, 1.82) is 0 Å². The van der Waals surface area contributed by atoms with E-state index < -0.39 is 0 Å². The van der Waals surface area contributed by atoms with Gasteiger partial charge >= 0.3 is 5.97 Å². The summed E-state index contributed by atoms with van der Waals surface area (Å²) in [6.07, 6.45) is 1.99. The maximum Gasteiger partial charge on any atom is 0.319 e. The van der Waals surface area contributed by atoms with Crippen LogP contribution in [0.15, 0.2) is 0 Å².